The normalized spacial score (nSPS) is 24.3. The second-order valence-electron chi connectivity index (χ2n) is 7.67. The Morgan fingerprint density at radius 3 is 2.29 bits per heavy atom. The van der Waals surface area contributed by atoms with Crippen LogP contribution in [0.5, 0.6) is 28.7 Å². The molecule has 4 rings (SSSR count). The molecule has 1 fully saturated rings. The first-order valence-electron chi connectivity index (χ1n) is 10.0. The van der Waals surface area contributed by atoms with Crippen molar-refractivity contribution >= 4 is 16.9 Å². The largest absolute Gasteiger partial charge is 0.508 e. The molecule has 0 saturated carbocycles. The number of phenolic OH excluding ortho intramolecular Hbond substituents is 4. The molecule has 13 nitrogen and oxygen atoms in total. The predicted octanol–water partition coefficient (Wildman–Crippen LogP) is -0.358. The van der Waals surface area contributed by atoms with E-state index in [9.17, 15) is 45.3 Å². The third-order valence-corrected chi connectivity index (χ3v) is 5.39. The highest BCUT2D eigenvalue weighted by atomic mass is 16.7. The lowest BCUT2D eigenvalue weighted by molar-refractivity contribution is -0.272. The van der Waals surface area contributed by atoms with Crippen LogP contribution >= 0.6 is 0 Å². The number of ether oxygens (including phenoxy) is 3. The molecule has 0 aliphatic carbocycles. The van der Waals surface area contributed by atoms with Gasteiger partial charge < -0.3 is 54.4 Å². The second kappa shape index (κ2) is 8.96. The first-order chi connectivity index (χ1) is 16.5. The van der Waals surface area contributed by atoms with Gasteiger partial charge in [0.1, 0.15) is 40.8 Å². The number of aromatic hydroxyl groups is 4. The van der Waals surface area contributed by atoms with Crippen molar-refractivity contribution in [3.8, 4) is 40.1 Å². The number of methoxy groups -OCH3 is 1. The molecule has 1 aromatic heterocycles. The van der Waals surface area contributed by atoms with E-state index in [4.69, 9.17) is 13.9 Å². The fourth-order valence-electron chi connectivity index (χ4n) is 3.60. The summed E-state index contributed by atoms with van der Waals surface area (Å²) in [6.07, 6.45) is -9.50. The van der Waals surface area contributed by atoms with Crippen LogP contribution in [0, 0.1) is 0 Å². The average molecular weight is 492 g/mol. The van der Waals surface area contributed by atoms with E-state index in [1.807, 2.05) is 0 Å². The van der Waals surface area contributed by atoms with Crippen LogP contribution in [0.25, 0.3) is 22.3 Å². The summed E-state index contributed by atoms with van der Waals surface area (Å²) in [6.45, 7) is 0. The van der Waals surface area contributed by atoms with Gasteiger partial charge in [0.25, 0.3) is 0 Å². The van der Waals surface area contributed by atoms with Gasteiger partial charge in [0.2, 0.25) is 17.5 Å². The molecule has 7 N–H and O–H groups in total. The quantitative estimate of drug-likeness (QED) is 0.183. The van der Waals surface area contributed by atoms with Crippen molar-refractivity contribution in [1.29, 1.82) is 0 Å². The van der Waals surface area contributed by atoms with E-state index in [0.29, 0.717) is 0 Å². The molecule has 0 radical (unpaired) electrons. The van der Waals surface area contributed by atoms with E-state index < -0.39 is 82.0 Å². The zero-order valence-corrected chi connectivity index (χ0v) is 17.9. The highest BCUT2D eigenvalue weighted by Gasteiger charge is 2.49. The molecule has 1 aliphatic heterocycles. The van der Waals surface area contributed by atoms with Crippen molar-refractivity contribution in [3.63, 3.8) is 0 Å². The Labute approximate surface area is 195 Å². The lowest BCUT2D eigenvalue weighted by Gasteiger charge is -2.38. The zero-order valence-electron chi connectivity index (χ0n) is 17.9. The number of hydrogen-bond acceptors (Lipinski definition) is 13. The maximum Gasteiger partial charge on any atom is 0.337 e. The van der Waals surface area contributed by atoms with Crippen LogP contribution in [-0.2, 0) is 14.3 Å². The Morgan fingerprint density at radius 2 is 1.63 bits per heavy atom. The molecule has 13 heteroatoms. The number of carbonyl (C=O) groups excluding carboxylic acids is 1. The van der Waals surface area contributed by atoms with Crippen molar-refractivity contribution in [2.75, 3.05) is 7.11 Å². The number of carbonyl (C=O) groups is 1. The molecular weight excluding hydrogens is 472 g/mol. The molecule has 0 bridgehead atoms. The summed E-state index contributed by atoms with van der Waals surface area (Å²) in [5, 5.41) is 69.7. The van der Waals surface area contributed by atoms with Gasteiger partial charge in [-0.1, -0.05) is 0 Å². The molecular formula is C22H20O13. The standard InChI is InChI=1S/C22H20O13/c1-32-21(31)20-16(29)15(28)17(30)22(35-20)34-19-14(27)13-11(26)5-8(23)6-12(13)33-18(19)7-2-3-9(24)10(25)4-7/h2-6,15-17,20,22-26,28-30H,1H3/t15-,16-,17-,20+,22-/m1/s1. The van der Waals surface area contributed by atoms with Gasteiger partial charge in [-0.25, -0.2) is 4.79 Å². The fourth-order valence-corrected chi connectivity index (χ4v) is 3.60. The fraction of sp³-hybridized carbons (Fsp3) is 0.273. The van der Waals surface area contributed by atoms with Crippen molar-refractivity contribution in [1.82, 2.24) is 0 Å². The molecule has 0 amide bonds. The number of esters is 1. The van der Waals surface area contributed by atoms with E-state index >= 15 is 0 Å². The average Bonchev–Trinajstić information content (AvgIpc) is 2.81. The van der Waals surface area contributed by atoms with Crippen molar-refractivity contribution in [3.05, 3.63) is 40.6 Å². The Balaban J connectivity index is 1.90. The van der Waals surface area contributed by atoms with E-state index in [-0.39, 0.29) is 11.1 Å². The monoisotopic (exact) mass is 492 g/mol. The molecule has 1 saturated heterocycles. The first-order valence-corrected chi connectivity index (χ1v) is 10.0. The van der Waals surface area contributed by atoms with Gasteiger partial charge in [-0.15, -0.1) is 0 Å². The highest BCUT2D eigenvalue weighted by molar-refractivity contribution is 5.88. The lowest BCUT2D eigenvalue weighted by atomic mass is 9.99. The van der Waals surface area contributed by atoms with E-state index in [2.05, 4.69) is 4.74 Å². The van der Waals surface area contributed by atoms with Crippen LogP contribution in [0.2, 0.25) is 0 Å². The summed E-state index contributed by atoms with van der Waals surface area (Å²) in [5.41, 5.74) is -1.32. The summed E-state index contributed by atoms with van der Waals surface area (Å²) >= 11 is 0. The Hall–Kier alpha value is -4.04. The number of hydrogen-bond donors (Lipinski definition) is 7. The SMILES string of the molecule is COC(=O)[C@H]1O[C@@H](Oc2c(-c3ccc(O)c(O)c3)oc3cc(O)cc(O)c3c2=O)[C@H](O)[C@H](O)[C@H]1O. The summed E-state index contributed by atoms with van der Waals surface area (Å²) in [6, 6.07) is 5.24. The molecule has 2 aromatic carbocycles. The van der Waals surface area contributed by atoms with Gasteiger partial charge in [0.15, 0.2) is 23.4 Å². The third kappa shape index (κ3) is 4.17. The van der Waals surface area contributed by atoms with Gasteiger partial charge >= 0.3 is 5.97 Å². The molecule has 1 aliphatic rings. The number of fused-ring (bicyclic) bond motifs is 1. The minimum atomic E-state index is -1.96. The minimum absolute atomic E-state index is 0.0208. The van der Waals surface area contributed by atoms with Crippen LogP contribution in [0.15, 0.2) is 39.5 Å². The Bertz CT molecular complexity index is 1350. The van der Waals surface area contributed by atoms with Gasteiger partial charge in [-0.2, -0.15) is 0 Å². The van der Waals surface area contributed by atoms with Crippen LogP contribution in [0.4, 0.5) is 0 Å². The van der Waals surface area contributed by atoms with Crippen LogP contribution in [0.1, 0.15) is 0 Å². The van der Waals surface area contributed by atoms with Gasteiger partial charge in [0.05, 0.1) is 7.11 Å². The molecule has 5 atom stereocenters. The topological polar surface area (TPSA) is 217 Å². The molecule has 186 valence electrons. The minimum Gasteiger partial charge on any atom is -0.508 e. The number of rotatable bonds is 4. The van der Waals surface area contributed by atoms with Crippen LogP contribution in [-0.4, -0.2) is 79.5 Å². The number of benzene rings is 2. The van der Waals surface area contributed by atoms with E-state index in [0.717, 1.165) is 31.4 Å². The molecule has 3 aromatic rings. The maximum absolute atomic E-state index is 13.3. The van der Waals surface area contributed by atoms with E-state index in [1.165, 1.54) is 6.07 Å². The zero-order chi connectivity index (χ0) is 25.6. The summed E-state index contributed by atoms with van der Waals surface area (Å²) in [4.78, 5) is 25.3. The summed E-state index contributed by atoms with van der Waals surface area (Å²) < 4.78 is 20.9. The van der Waals surface area contributed by atoms with Gasteiger partial charge in [-0.05, 0) is 18.2 Å². The van der Waals surface area contributed by atoms with Crippen molar-refractivity contribution in [2.45, 2.75) is 30.7 Å². The first kappa shape index (κ1) is 24.1. The Morgan fingerprint density at radius 1 is 0.914 bits per heavy atom. The number of aliphatic hydroxyl groups is 3. The van der Waals surface area contributed by atoms with Crippen molar-refractivity contribution in [2.24, 2.45) is 0 Å². The predicted molar refractivity (Wildman–Crippen MR) is 114 cm³/mol. The summed E-state index contributed by atoms with van der Waals surface area (Å²) in [5.74, 6) is -4.37. The Kier molecular flexibility index (Phi) is 6.17. The van der Waals surface area contributed by atoms with Gasteiger partial charge in [-0.3, -0.25) is 4.79 Å². The third-order valence-electron chi connectivity index (χ3n) is 5.39. The highest BCUT2D eigenvalue weighted by Crippen LogP contribution is 2.39. The van der Waals surface area contributed by atoms with Crippen LogP contribution in [0.3, 0.4) is 0 Å². The number of phenols is 4. The van der Waals surface area contributed by atoms with Gasteiger partial charge in [0, 0.05) is 17.7 Å². The molecule has 2 heterocycles. The molecule has 35 heavy (non-hydrogen) atoms. The molecule has 0 unspecified atom stereocenters. The molecule has 0 spiro atoms. The second-order valence-corrected chi connectivity index (χ2v) is 7.67. The van der Waals surface area contributed by atoms with Crippen molar-refractivity contribution < 1.29 is 59.2 Å². The number of aliphatic hydroxyl groups excluding tert-OH is 3. The summed E-state index contributed by atoms with van der Waals surface area (Å²) in [7, 11) is 0.997. The smallest absolute Gasteiger partial charge is 0.337 e. The maximum atomic E-state index is 13.3. The lowest BCUT2D eigenvalue weighted by Crippen LogP contribution is -2.61. The van der Waals surface area contributed by atoms with Crippen LogP contribution < -0.4 is 10.2 Å². The van der Waals surface area contributed by atoms with E-state index in [1.54, 1.807) is 0 Å².